The lowest BCUT2D eigenvalue weighted by atomic mass is 9.41. The number of ether oxygens (including phenoxy) is 4. The van der Waals surface area contributed by atoms with Crippen LogP contribution in [-0.4, -0.2) is 104 Å². The van der Waals surface area contributed by atoms with E-state index in [4.69, 9.17) is 29.7 Å². The summed E-state index contributed by atoms with van der Waals surface area (Å²) in [6.07, 6.45) is 19.0. The average Bonchev–Trinajstić information content (AvgIpc) is 4.13. The number of nitrogens with two attached hydrogens (primary N) is 1. The predicted octanol–water partition coefficient (Wildman–Crippen LogP) is 6.40. The molecule has 8 aliphatic rings. The number of carbonyl (C=O) groups is 1. The number of aliphatic hydroxyl groups excluding tert-OH is 1. The highest BCUT2D eigenvalue weighted by Gasteiger charge is 2.76. The minimum absolute atomic E-state index is 0.0156. The molecule has 3 aliphatic carbocycles. The molecule has 0 amide bonds. The van der Waals surface area contributed by atoms with E-state index in [1.807, 2.05) is 43.6 Å². The number of phenols is 3. The van der Waals surface area contributed by atoms with Gasteiger partial charge in [-0.2, -0.15) is 0 Å². The van der Waals surface area contributed by atoms with Crippen molar-refractivity contribution >= 4 is 22.8 Å². The second kappa shape index (κ2) is 20.8. The lowest BCUT2D eigenvalue weighted by molar-refractivity contribution is -0.223. The van der Waals surface area contributed by atoms with E-state index in [1.165, 1.54) is 24.3 Å². The molecule has 2 aromatic carbocycles. The second-order valence-electron chi connectivity index (χ2n) is 23.2. The molecule has 3 aromatic heterocycles. The van der Waals surface area contributed by atoms with Crippen LogP contribution in [-0.2, 0) is 33.5 Å². The van der Waals surface area contributed by atoms with Gasteiger partial charge in [0.15, 0.2) is 29.0 Å². The summed E-state index contributed by atoms with van der Waals surface area (Å²) < 4.78 is 29.1. The van der Waals surface area contributed by atoms with Crippen LogP contribution < -0.4 is 36.5 Å². The standard InChI is InChI=1S/C62H71N9O9/c1-34(72)78-52-31-51(39-28-49(74)56(75)54(29-39)77-24-19-36-6-3-20-65-32-36)80-57-43(52)13-8-38-9-14-45-50(79-53-26-37(25-44(38)57)7-15-48(53)73)16-12-40-10-11-41-30-47-42-18-23-66-46(42)33-71(47)58-61(41,59(76)64-2)62(40,45)70-60(69-58)68-21-4-5-35-17-22-67-55(63)27-35/h3,6-8,13,15,17-18,20,23,26-29,32-33,38,40-41,43-45,50-52,57-59,64,66-67,73-76H,4-5,10-12,16,19,21-22,24-25,30-31,63H2,1-2H3,(H2,68,69,70). The van der Waals surface area contributed by atoms with E-state index in [-0.39, 0.29) is 65.6 Å². The van der Waals surface area contributed by atoms with Crippen LogP contribution in [0.15, 0.2) is 114 Å². The summed E-state index contributed by atoms with van der Waals surface area (Å²) in [7, 11) is 1.84. The van der Waals surface area contributed by atoms with Gasteiger partial charge < -0.3 is 70.6 Å². The summed E-state index contributed by atoms with van der Waals surface area (Å²) in [5, 5.41) is 63.0. The molecule has 14 unspecified atom stereocenters. The van der Waals surface area contributed by atoms with Gasteiger partial charge in [0.2, 0.25) is 5.75 Å². The molecule has 11 N–H and O–H groups in total. The fraction of sp³-hybridized carbons (Fsp3) is 0.468. The Hall–Kier alpha value is -7.59. The molecule has 5 aliphatic heterocycles. The Morgan fingerprint density at radius 1 is 1.05 bits per heavy atom. The van der Waals surface area contributed by atoms with E-state index < -0.39 is 59.7 Å². The van der Waals surface area contributed by atoms with Gasteiger partial charge in [0, 0.05) is 86.5 Å². The summed E-state index contributed by atoms with van der Waals surface area (Å²) in [4.78, 5) is 26.0. The molecular formula is C62H71N9O9. The Bertz CT molecular complexity index is 3380. The molecule has 8 heterocycles. The van der Waals surface area contributed by atoms with Crippen LogP contribution >= 0.6 is 0 Å². The number of aromatic hydroxyl groups is 3. The molecule has 80 heavy (non-hydrogen) atoms. The number of aromatic nitrogens is 3. The van der Waals surface area contributed by atoms with Crippen molar-refractivity contribution in [1.82, 2.24) is 35.8 Å². The van der Waals surface area contributed by atoms with Crippen molar-refractivity contribution in [3.63, 3.8) is 0 Å². The topological polar surface area (TPSA) is 255 Å². The number of hydrogen-bond donors (Lipinski definition) is 10. The van der Waals surface area contributed by atoms with Gasteiger partial charge in [-0.1, -0.05) is 42.2 Å². The molecule has 2 saturated heterocycles. The third kappa shape index (κ3) is 8.79. The van der Waals surface area contributed by atoms with Crippen molar-refractivity contribution in [2.24, 2.45) is 51.6 Å². The van der Waals surface area contributed by atoms with Crippen LogP contribution in [0.2, 0.25) is 0 Å². The summed E-state index contributed by atoms with van der Waals surface area (Å²) >= 11 is 0. The molecule has 2 saturated carbocycles. The molecular weight excluding hydrogens is 1010 g/mol. The van der Waals surface area contributed by atoms with Crippen LogP contribution in [0.1, 0.15) is 86.5 Å². The van der Waals surface area contributed by atoms with Gasteiger partial charge in [0.05, 0.1) is 47.0 Å². The number of allylic oxidation sites excluding steroid dienone is 3. The number of fused-ring (bicyclic) bond motifs is 10. The number of phenolic OH excluding ortho intramolecular Hbond substituents is 3. The van der Waals surface area contributed by atoms with Gasteiger partial charge in [0.25, 0.3) is 0 Å². The lowest BCUT2D eigenvalue weighted by Crippen LogP contribution is -2.86. The van der Waals surface area contributed by atoms with Gasteiger partial charge in [-0.15, -0.1) is 0 Å². The highest BCUT2D eigenvalue weighted by Crippen LogP contribution is 2.67. The first kappa shape index (κ1) is 51.8. The van der Waals surface area contributed by atoms with E-state index in [0.717, 1.165) is 60.6 Å². The Labute approximate surface area is 464 Å². The molecule has 1 spiro atoms. The second-order valence-corrected chi connectivity index (χ2v) is 23.2. The first-order valence-electron chi connectivity index (χ1n) is 28.5. The summed E-state index contributed by atoms with van der Waals surface area (Å²) in [5.74, 6) is 6.87. The minimum atomic E-state index is -1.02. The molecule has 418 valence electrons. The number of pyridine rings is 1. The highest BCUT2D eigenvalue weighted by atomic mass is 16.6. The Morgan fingerprint density at radius 2 is 1.93 bits per heavy atom. The number of benzene rings is 2. The van der Waals surface area contributed by atoms with E-state index >= 15 is 0 Å². The maximum Gasteiger partial charge on any atom is 0.302 e. The normalized spacial score (nSPS) is 32.5. The molecule has 2 bridgehead atoms. The van der Waals surface area contributed by atoms with Crippen LogP contribution in [0, 0.1) is 52.8 Å². The molecule has 4 fully saturated rings. The number of guanidine groups is 1. The van der Waals surface area contributed by atoms with Crippen LogP contribution in [0.25, 0.3) is 10.9 Å². The molecule has 13 rings (SSSR count). The zero-order valence-electron chi connectivity index (χ0n) is 45.1. The number of hydrogen-bond acceptors (Lipinski definition) is 14. The average molecular weight is 1090 g/mol. The number of aliphatic hydroxyl groups is 1. The lowest BCUT2D eigenvalue weighted by Gasteiger charge is -2.72. The third-order valence-electron chi connectivity index (χ3n) is 18.9. The molecule has 5 aromatic rings. The Morgan fingerprint density at radius 3 is 2.76 bits per heavy atom. The van der Waals surface area contributed by atoms with E-state index in [1.54, 1.807) is 24.5 Å². The van der Waals surface area contributed by atoms with Gasteiger partial charge in [0.1, 0.15) is 24.6 Å². The van der Waals surface area contributed by atoms with Gasteiger partial charge in [-0.05, 0) is 135 Å². The van der Waals surface area contributed by atoms with Crippen LogP contribution in [0.4, 0.5) is 0 Å². The number of rotatable bonds is 12. The summed E-state index contributed by atoms with van der Waals surface area (Å²) in [5.41, 5.74) is 10.1. The van der Waals surface area contributed by atoms with Crippen molar-refractivity contribution in [2.45, 2.75) is 113 Å². The van der Waals surface area contributed by atoms with E-state index in [0.29, 0.717) is 55.4 Å². The molecule has 14 atom stereocenters. The monoisotopic (exact) mass is 1090 g/mol. The number of H-pyrrole nitrogens is 1. The van der Waals surface area contributed by atoms with Gasteiger partial charge in [-0.3, -0.25) is 20.1 Å². The van der Waals surface area contributed by atoms with E-state index in [2.05, 4.69) is 78.1 Å². The number of nitrogens with zero attached hydrogens (tertiary/aromatic N) is 3. The molecule has 18 heteroatoms. The number of nitrogens with one attached hydrogen (secondary N) is 5. The quantitative estimate of drug-likeness (QED) is 0.0162. The zero-order valence-corrected chi connectivity index (χ0v) is 45.1. The molecule has 0 radical (unpaired) electrons. The Balaban J connectivity index is 0.921. The summed E-state index contributed by atoms with van der Waals surface area (Å²) in [6.45, 7) is 2.85. The smallest absolute Gasteiger partial charge is 0.302 e. The van der Waals surface area contributed by atoms with Crippen molar-refractivity contribution in [1.29, 1.82) is 0 Å². The zero-order chi connectivity index (χ0) is 54.9. The molecule has 18 nitrogen and oxygen atoms in total. The fourth-order valence-electron chi connectivity index (χ4n) is 15.6. The number of dihydropyridines is 1. The number of esters is 1. The van der Waals surface area contributed by atoms with Gasteiger partial charge >= 0.3 is 5.97 Å². The van der Waals surface area contributed by atoms with E-state index in [9.17, 15) is 25.2 Å². The fourth-order valence-corrected chi connectivity index (χ4v) is 15.6. The minimum Gasteiger partial charge on any atom is -0.504 e. The largest absolute Gasteiger partial charge is 0.504 e. The Kier molecular flexibility index (Phi) is 13.5. The first-order chi connectivity index (χ1) is 38.9. The maximum atomic E-state index is 13.2. The predicted molar refractivity (Wildman–Crippen MR) is 299 cm³/mol. The maximum absolute atomic E-state index is 13.2. The van der Waals surface area contributed by atoms with Crippen LogP contribution in [0.5, 0.6) is 28.7 Å². The van der Waals surface area contributed by atoms with Crippen molar-refractivity contribution in [3.05, 3.63) is 131 Å². The van der Waals surface area contributed by atoms with Crippen molar-refractivity contribution in [3.8, 4) is 40.6 Å². The number of aliphatic imine (C=N–C) groups is 1. The highest BCUT2D eigenvalue weighted by molar-refractivity contribution is 5.85. The van der Waals surface area contributed by atoms with Crippen molar-refractivity contribution < 1.29 is 44.2 Å². The summed E-state index contributed by atoms with van der Waals surface area (Å²) in [6, 6.07) is 14.7. The SMILES string of the molecule is CNC(O)C12C3CCC4CCC5Oc6cc(ccc6O)CC6C(C#CC5C41NC(=NCCCC1=CCNC(N)=C1)NC2n1cc2[nH]ccc2c1C3)C=CC1C(OC(C)=O)CC(c2cc(O)c(O)c(OCCc3cccnc3)c2)OC16. The van der Waals surface area contributed by atoms with Crippen molar-refractivity contribution in [2.75, 3.05) is 26.7 Å². The van der Waals surface area contributed by atoms with Gasteiger partial charge in [-0.25, -0.2) is 0 Å². The first-order valence-corrected chi connectivity index (χ1v) is 28.5. The number of aromatic amines is 1. The third-order valence-corrected chi connectivity index (χ3v) is 18.9. The van der Waals surface area contributed by atoms with Crippen LogP contribution in [0.3, 0.4) is 0 Å². The number of carbonyl (C=O) groups excluding carboxylic acids is 1.